The summed E-state index contributed by atoms with van der Waals surface area (Å²) < 4.78 is 0. The van der Waals surface area contributed by atoms with Gasteiger partial charge in [0.25, 0.3) is 0 Å². The Balaban J connectivity index is 1.59. The third kappa shape index (κ3) is 3.65. The normalized spacial score (nSPS) is 25.2. The molecular formula is C17H23N3O2. The minimum absolute atomic E-state index is 0.0173. The van der Waals surface area contributed by atoms with Gasteiger partial charge < -0.3 is 10.6 Å². The lowest BCUT2D eigenvalue weighted by atomic mass is 9.99. The molecule has 5 nitrogen and oxygen atoms in total. The molecule has 0 aromatic heterocycles. The highest BCUT2D eigenvalue weighted by atomic mass is 16.2. The monoisotopic (exact) mass is 301 g/mol. The van der Waals surface area contributed by atoms with Gasteiger partial charge in [-0.05, 0) is 31.9 Å². The maximum Gasteiger partial charge on any atom is 0.238 e. The minimum atomic E-state index is -0.0173. The summed E-state index contributed by atoms with van der Waals surface area (Å²) in [6.45, 7) is 3.81. The van der Waals surface area contributed by atoms with E-state index in [4.69, 9.17) is 0 Å². The number of likely N-dealkylation sites (tertiary alicyclic amines) is 1. The fourth-order valence-electron chi connectivity index (χ4n) is 3.31. The second-order valence-corrected chi connectivity index (χ2v) is 6.44. The minimum Gasteiger partial charge on any atom is -0.352 e. The molecule has 2 unspecified atom stereocenters. The fourth-order valence-corrected chi connectivity index (χ4v) is 3.31. The molecule has 0 aliphatic carbocycles. The summed E-state index contributed by atoms with van der Waals surface area (Å²) in [6, 6.07) is 7.97. The van der Waals surface area contributed by atoms with Gasteiger partial charge in [-0.2, -0.15) is 0 Å². The van der Waals surface area contributed by atoms with Gasteiger partial charge >= 0.3 is 0 Å². The number of nitrogens with one attached hydrogen (secondary N) is 2. The number of nitrogens with zero attached hydrogens (tertiary/aromatic N) is 1. The molecule has 1 aromatic rings. The van der Waals surface area contributed by atoms with Crippen molar-refractivity contribution in [3.05, 3.63) is 29.8 Å². The van der Waals surface area contributed by atoms with Crippen LogP contribution in [0.2, 0.25) is 0 Å². The first-order valence-corrected chi connectivity index (χ1v) is 7.99. The van der Waals surface area contributed by atoms with E-state index in [9.17, 15) is 9.59 Å². The Kier molecular flexibility index (Phi) is 4.43. The molecule has 2 heterocycles. The summed E-state index contributed by atoms with van der Waals surface area (Å²) in [4.78, 5) is 26.3. The van der Waals surface area contributed by atoms with Crippen LogP contribution in [-0.2, 0) is 9.59 Å². The highest BCUT2D eigenvalue weighted by Gasteiger charge is 2.32. The molecule has 2 aliphatic heterocycles. The highest BCUT2D eigenvalue weighted by Crippen LogP contribution is 2.21. The van der Waals surface area contributed by atoms with Crippen LogP contribution in [0.1, 0.15) is 24.8 Å². The van der Waals surface area contributed by atoms with Crippen molar-refractivity contribution in [2.75, 3.05) is 25.0 Å². The molecule has 2 atom stereocenters. The quantitative estimate of drug-likeness (QED) is 0.890. The van der Waals surface area contributed by atoms with Crippen molar-refractivity contribution < 1.29 is 9.59 Å². The molecule has 0 saturated carbocycles. The van der Waals surface area contributed by atoms with E-state index < -0.39 is 0 Å². The van der Waals surface area contributed by atoms with Crippen molar-refractivity contribution in [2.45, 2.75) is 32.2 Å². The van der Waals surface area contributed by atoms with E-state index in [1.54, 1.807) is 0 Å². The average Bonchev–Trinajstić information content (AvgIpc) is 2.70. The van der Waals surface area contributed by atoms with Gasteiger partial charge in [0.05, 0.1) is 12.5 Å². The SMILES string of the molecule is Cc1ccc(NC(=O)CN2CC3CCCC(C2)C(=O)N3)cc1. The third-order valence-electron chi connectivity index (χ3n) is 4.48. The summed E-state index contributed by atoms with van der Waals surface area (Å²) in [6.07, 6.45) is 3.04. The zero-order chi connectivity index (χ0) is 15.5. The van der Waals surface area contributed by atoms with Crippen molar-refractivity contribution in [3.63, 3.8) is 0 Å². The second-order valence-electron chi connectivity index (χ2n) is 6.44. The molecule has 22 heavy (non-hydrogen) atoms. The Morgan fingerprint density at radius 1 is 1.27 bits per heavy atom. The van der Waals surface area contributed by atoms with Crippen LogP contribution >= 0.6 is 0 Å². The number of carbonyl (C=O) groups is 2. The van der Waals surface area contributed by atoms with Crippen molar-refractivity contribution in [3.8, 4) is 0 Å². The average molecular weight is 301 g/mol. The van der Waals surface area contributed by atoms with Gasteiger partial charge in [-0.1, -0.05) is 24.1 Å². The van der Waals surface area contributed by atoms with Gasteiger partial charge in [-0.25, -0.2) is 0 Å². The number of rotatable bonds is 3. The van der Waals surface area contributed by atoms with Crippen LogP contribution in [0.5, 0.6) is 0 Å². The summed E-state index contributed by atoms with van der Waals surface area (Å²) in [5, 5.41) is 6.02. The zero-order valence-corrected chi connectivity index (χ0v) is 13.0. The van der Waals surface area contributed by atoms with Crippen molar-refractivity contribution in [1.82, 2.24) is 10.2 Å². The molecular weight excluding hydrogens is 278 g/mol. The van der Waals surface area contributed by atoms with Gasteiger partial charge in [-0.3, -0.25) is 14.5 Å². The number of hydrogen-bond donors (Lipinski definition) is 2. The Bertz CT molecular complexity index is 556. The van der Waals surface area contributed by atoms with E-state index in [2.05, 4.69) is 15.5 Å². The van der Waals surface area contributed by atoms with E-state index in [1.807, 2.05) is 31.2 Å². The predicted molar refractivity (Wildman–Crippen MR) is 85.5 cm³/mol. The van der Waals surface area contributed by atoms with E-state index in [1.165, 1.54) is 5.56 Å². The predicted octanol–water partition coefficient (Wildman–Crippen LogP) is 1.53. The first kappa shape index (κ1) is 15.0. The molecule has 2 amide bonds. The van der Waals surface area contributed by atoms with Crippen LogP contribution in [-0.4, -0.2) is 42.4 Å². The van der Waals surface area contributed by atoms with Gasteiger partial charge in [0.2, 0.25) is 11.8 Å². The third-order valence-corrected chi connectivity index (χ3v) is 4.48. The van der Waals surface area contributed by atoms with Crippen LogP contribution in [0.4, 0.5) is 5.69 Å². The van der Waals surface area contributed by atoms with Gasteiger partial charge in [-0.15, -0.1) is 0 Å². The molecule has 118 valence electrons. The smallest absolute Gasteiger partial charge is 0.238 e. The van der Waals surface area contributed by atoms with Gasteiger partial charge in [0.15, 0.2) is 0 Å². The Morgan fingerprint density at radius 2 is 2.05 bits per heavy atom. The standard InChI is InChI=1S/C17H23N3O2/c1-12-5-7-14(8-6-12)18-16(21)11-20-9-13-3-2-4-15(10-20)19-17(13)22/h5-8,13,15H,2-4,9-11H2,1H3,(H,18,21)(H,19,22). The zero-order valence-electron chi connectivity index (χ0n) is 13.0. The van der Waals surface area contributed by atoms with E-state index in [0.29, 0.717) is 13.1 Å². The van der Waals surface area contributed by atoms with Crippen molar-refractivity contribution in [1.29, 1.82) is 0 Å². The number of anilines is 1. The molecule has 0 spiro atoms. The van der Waals surface area contributed by atoms with Crippen molar-refractivity contribution >= 4 is 17.5 Å². The summed E-state index contributed by atoms with van der Waals surface area (Å²) in [7, 11) is 0. The van der Waals surface area contributed by atoms with E-state index in [-0.39, 0.29) is 23.8 Å². The molecule has 3 rings (SSSR count). The van der Waals surface area contributed by atoms with Crippen LogP contribution in [0, 0.1) is 12.8 Å². The summed E-state index contributed by atoms with van der Waals surface area (Å²) in [5.74, 6) is 0.167. The van der Waals surface area contributed by atoms with Crippen LogP contribution < -0.4 is 10.6 Å². The molecule has 2 saturated heterocycles. The van der Waals surface area contributed by atoms with Gasteiger partial charge in [0, 0.05) is 24.8 Å². The maximum atomic E-state index is 12.2. The molecule has 2 aliphatic rings. The lowest BCUT2D eigenvalue weighted by molar-refractivity contribution is -0.125. The number of hydrogen-bond acceptors (Lipinski definition) is 3. The number of aryl methyl sites for hydroxylation is 1. The molecule has 1 aromatic carbocycles. The molecule has 2 bridgehead atoms. The first-order chi connectivity index (χ1) is 10.6. The lowest BCUT2D eigenvalue weighted by Crippen LogP contribution is -2.42. The fraction of sp³-hybridized carbons (Fsp3) is 0.529. The van der Waals surface area contributed by atoms with Crippen LogP contribution in [0.3, 0.4) is 0 Å². The number of amides is 2. The van der Waals surface area contributed by atoms with Crippen LogP contribution in [0.15, 0.2) is 24.3 Å². The topological polar surface area (TPSA) is 61.4 Å². The number of benzene rings is 1. The highest BCUT2D eigenvalue weighted by molar-refractivity contribution is 5.92. The summed E-state index contributed by atoms with van der Waals surface area (Å²) in [5.41, 5.74) is 1.99. The molecule has 0 radical (unpaired) electrons. The second kappa shape index (κ2) is 6.48. The van der Waals surface area contributed by atoms with E-state index >= 15 is 0 Å². The van der Waals surface area contributed by atoms with Crippen molar-refractivity contribution in [2.24, 2.45) is 5.92 Å². The number of carbonyl (C=O) groups excluding carboxylic acids is 2. The Morgan fingerprint density at radius 3 is 2.82 bits per heavy atom. The summed E-state index contributed by atoms with van der Waals surface area (Å²) >= 11 is 0. The molecule has 2 N–H and O–H groups in total. The molecule has 2 fully saturated rings. The largest absolute Gasteiger partial charge is 0.352 e. The van der Waals surface area contributed by atoms with E-state index in [0.717, 1.165) is 31.5 Å². The Labute approximate surface area is 131 Å². The number of fused-ring (bicyclic) bond motifs is 3. The first-order valence-electron chi connectivity index (χ1n) is 7.99. The van der Waals surface area contributed by atoms with Gasteiger partial charge in [0.1, 0.15) is 0 Å². The molecule has 5 heteroatoms. The van der Waals surface area contributed by atoms with Crippen LogP contribution in [0.25, 0.3) is 0 Å². The maximum absolute atomic E-state index is 12.2. The Hall–Kier alpha value is -1.88. The lowest BCUT2D eigenvalue weighted by Gasteiger charge is -2.26.